The highest BCUT2D eigenvalue weighted by molar-refractivity contribution is 7.92. The van der Waals surface area contributed by atoms with Crippen molar-refractivity contribution >= 4 is 43.0 Å². The van der Waals surface area contributed by atoms with Crippen LogP contribution in [0.2, 0.25) is 0 Å². The van der Waals surface area contributed by atoms with Crippen molar-refractivity contribution in [1.82, 2.24) is 0 Å². The van der Waals surface area contributed by atoms with Crippen LogP contribution in [0, 0.1) is 19.7 Å². The zero-order valence-corrected chi connectivity index (χ0v) is 20.4. The van der Waals surface area contributed by atoms with Crippen molar-refractivity contribution in [3.63, 3.8) is 0 Å². The Labute approximate surface area is 198 Å². The Hall–Kier alpha value is -3.44. The number of anilines is 3. The molecule has 0 saturated heterocycles. The summed E-state index contributed by atoms with van der Waals surface area (Å²) in [5.41, 5.74) is 2.04. The number of amides is 1. The minimum absolute atomic E-state index is 0.0164. The van der Waals surface area contributed by atoms with E-state index in [0.717, 1.165) is 23.4 Å². The standard InChI is InChI=1S/C23H24FN3O5S2/c1-16-7-6-8-17(2)23(16)26-34(31,32)19-13-11-18(12-14-19)25-22(28)15-27(33(3,29)30)21-10-5-4-9-20(21)24/h4-14,26H,15H2,1-3H3,(H,25,28). The van der Waals surface area contributed by atoms with Crippen molar-refractivity contribution < 1.29 is 26.0 Å². The number of aryl methyl sites for hydroxylation is 2. The Morgan fingerprint density at radius 3 is 2.03 bits per heavy atom. The van der Waals surface area contributed by atoms with Gasteiger partial charge in [0.1, 0.15) is 12.4 Å². The van der Waals surface area contributed by atoms with Crippen LogP contribution >= 0.6 is 0 Å². The quantitative estimate of drug-likeness (QED) is 0.485. The monoisotopic (exact) mass is 505 g/mol. The molecule has 0 bridgehead atoms. The van der Waals surface area contributed by atoms with E-state index in [0.29, 0.717) is 9.99 Å². The fraction of sp³-hybridized carbons (Fsp3) is 0.174. The highest BCUT2D eigenvalue weighted by Gasteiger charge is 2.23. The van der Waals surface area contributed by atoms with Crippen molar-refractivity contribution in [2.24, 2.45) is 0 Å². The lowest BCUT2D eigenvalue weighted by Gasteiger charge is -2.22. The molecule has 0 aliphatic rings. The first-order valence-electron chi connectivity index (χ1n) is 10.1. The lowest BCUT2D eigenvalue weighted by Crippen LogP contribution is -2.38. The summed E-state index contributed by atoms with van der Waals surface area (Å²) in [6, 6.07) is 16.0. The molecule has 0 heterocycles. The Morgan fingerprint density at radius 1 is 0.882 bits per heavy atom. The van der Waals surface area contributed by atoms with Crippen molar-refractivity contribution in [2.45, 2.75) is 18.7 Å². The smallest absolute Gasteiger partial charge is 0.261 e. The predicted octanol–water partition coefficient (Wildman–Crippen LogP) is 3.65. The summed E-state index contributed by atoms with van der Waals surface area (Å²) in [4.78, 5) is 12.5. The zero-order chi connectivity index (χ0) is 25.1. The van der Waals surface area contributed by atoms with Crippen LogP contribution in [0.1, 0.15) is 11.1 Å². The van der Waals surface area contributed by atoms with Gasteiger partial charge < -0.3 is 5.32 Å². The van der Waals surface area contributed by atoms with Crippen LogP contribution in [0.4, 0.5) is 21.5 Å². The Balaban J connectivity index is 1.75. The minimum atomic E-state index is -3.95. The van der Waals surface area contributed by atoms with E-state index in [-0.39, 0.29) is 16.3 Å². The molecule has 0 unspecified atom stereocenters. The third-order valence-electron chi connectivity index (χ3n) is 4.97. The summed E-state index contributed by atoms with van der Waals surface area (Å²) in [5, 5.41) is 2.50. The molecule has 8 nitrogen and oxygen atoms in total. The number of hydrogen-bond acceptors (Lipinski definition) is 5. The number of nitrogens with zero attached hydrogens (tertiary/aromatic N) is 1. The van der Waals surface area contributed by atoms with Crippen molar-refractivity contribution in [3.05, 3.63) is 83.7 Å². The van der Waals surface area contributed by atoms with E-state index in [9.17, 15) is 26.0 Å². The molecule has 0 atom stereocenters. The topological polar surface area (TPSA) is 113 Å². The number of carbonyl (C=O) groups is 1. The molecule has 11 heteroatoms. The van der Waals surface area contributed by atoms with Crippen LogP contribution < -0.4 is 14.3 Å². The normalized spacial score (nSPS) is 11.6. The van der Waals surface area contributed by atoms with Crippen molar-refractivity contribution in [1.29, 1.82) is 0 Å². The molecule has 180 valence electrons. The molecule has 1 amide bonds. The van der Waals surface area contributed by atoms with E-state index in [4.69, 9.17) is 0 Å². The highest BCUT2D eigenvalue weighted by Crippen LogP contribution is 2.25. The van der Waals surface area contributed by atoms with E-state index in [1.165, 1.54) is 42.5 Å². The second kappa shape index (κ2) is 9.82. The lowest BCUT2D eigenvalue weighted by molar-refractivity contribution is -0.114. The second-order valence-corrected chi connectivity index (χ2v) is 11.3. The van der Waals surface area contributed by atoms with Gasteiger partial charge in [-0.25, -0.2) is 21.2 Å². The van der Waals surface area contributed by atoms with Gasteiger partial charge in [-0.15, -0.1) is 0 Å². The van der Waals surface area contributed by atoms with Crippen LogP contribution in [-0.2, 0) is 24.8 Å². The zero-order valence-electron chi connectivity index (χ0n) is 18.7. The van der Waals surface area contributed by atoms with Crippen LogP contribution in [0.25, 0.3) is 0 Å². The number of hydrogen-bond donors (Lipinski definition) is 2. The van der Waals surface area contributed by atoms with Crippen molar-refractivity contribution in [2.75, 3.05) is 27.1 Å². The minimum Gasteiger partial charge on any atom is -0.325 e. The third-order valence-corrected chi connectivity index (χ3v) is 7.47. The molecule has 0 aliphatic heterocycles. The number of para-hydroxylation sites is 2. The highest BCUT2D eigenvalue weighted by atomic mass is 32.2. The maximum Gasteiger partial charge on any atom is 0.261 e. The molecule has 2 N–H and O–H groups in total. The van der Waals surface area contributed by atoms with E-state index >= 15 is 0 Å². The largest absolute Gasteiger partial charge is 0.325 e. The first-order valence-corrected chi connectivity index (χ1v) is 13.4. The first-order chi connectivity index (χ1) is 15.9. The van der Waals surface area contributed by atoms with Gasteiger partial charge in [0, 0.05) is 5.69 Å². The second-order valence-electron chi connectivity index (χ2n) is 7.67. The Bertz CT molecular complexity index is 1400. The molecule has 0 aromatic heterocycles. The number of carbonyl (C=O) groups excluding carboxylic acids is 1. The molecule has 3 aromatic carbocycles. The molecule has 0 spiro atoms. The van der Waals surface area contributed by atoms with E-state index < -0.39 is 38.3 Å². The molecular formula is C23H24FN3O5S2. The summed E-state index contributed by atoms with van der Waals surface area (Å²) < 4.78 is 67.2. The lowest BCUT2D eigenvalue weighted by atomic mass is 10.1. The summed E-state index contributed by atoms with van der Waals surface area (Å²) in [6.07, 6.45) is 0.871. The molecule has 0 fully saturated rings. The van der Waals surface area contributed by atoms with E-state index in [2.05, 4.69) is 10.0 Å². The molecule has 3 aromatic rings. The molecule has 0 aliphatic carbocycles. The fourth-order valence-corrected chi connectivity index (χ4v) is 5.31. The number of benzene rings is 3. The van der Waals surface area contributed by atoms with E-state index in [1.54, 1.807) is 26.0 Å². The van der Waals surface area contributed by atoms with Crippen LogP contribution in [0.5, 0.6) is 0 Å². The van der Waals surface area contributed by atoms with Gasteiger partial charge in [0.2, 0.25) is 15.9 Å². The summed E-state index contributed by atoms with van der Waals surface area (Å²) in [6.45, 7) is 2.93. The molecular weight excluding hydrogens is 481 g/mol. The number of halogens is 1. The first kappa shape index (κ1) is 25.2. The van der Waals surface area contributed by atoms with Crippen molar-refractivity contribution in [3.8, 4) is 0 Å². The van der Waals surface area contributed by atoms with Gasteiger partial charge >= 0.3 is 0 Å². The summed E-state index contributed by atoms with van der Waals surface area (Å²) in [7, 11) is -7.82. The third kappa shape index (κ3) is 5.91. The number of nitrogens with one attached hydrogen (secondary N) is 2. The number of sulfonamides is 2. The van der Waals surface area contributed by atoms with Gasteiger partial charge in [-0.3, -0.25) is 13.8 Å². The maximum atomic E-state index is 14.1. The molecule has 0 saturated carbocycles. The van der Waals surface area contributed by atoms with Gasteiger partial charge in [-0.05, 0) is 61.4 Å². The average Bonchev–Trinajstić information content (AvgIpc) is 2.75. The molecule has 34 heavy (non-hydrogen) atoms. The van der Waals surface area contributed by atoms with Gasteiger partial charge in [-0.1, -0.05) is 30.3 Å². The fourth-order valence-electron chi connectivity index (χ4n) is 3.25. The Kier molecular flexibility index (Phi) is 7.27. The number of rotatable bonds is 8. The average molecular weight is 506 g/mol. The molecule has 0 radical (unpaired) electrons. The van der Waals surface area contributed by atoms with Crippen LogP contribution in [-0.4, -0.2) is 35.5 Å². The Morgan fingerprint density at radius 2 is 1.47 bits per heavy atom. The predicted molar refractivity (Wildman–Crippen MR) is 130 cm³/mol. The maximum absolute atomic E-state index is 14.1. The summed E-state index contributed by atoms with van der Waals surface area (Å²) in [5.74, 6) is -1.51. The SMILES string of the molecule is Cc1cccc(C)c1NS(=O)(=O)c1ccc(NC(=O)CN(c2ccccc2F)S(C)(=O)=O)cc1. The van der Waals surface area contributed by atoms with Crippen LogP contribution in [0.15, 0.2) is 71.6 Å². The summed E-state index contributed by atoms with van der Waals surface area (Å²) >= 11 is 0. The van der Waals surface area contributed by atoms with E-state index in [1.807, 2.05) is 6.07 Å². The van der Waals surface area contributed by atoms with Gasteiger partial charge in [0.05, 0.1) is 22.5 Å². The van der Waals surface area contributed by atoms with Gasteiger partial charge in [-0.2, -0.15) is 0 Å². The van der Waals surface area contributed by atoms with Crippen LogP contribution in [0.3, 0.4) is 0 Å². The molecule has 3 rings (SSSR count). The van der Waals surface area contributed by atoms with Gasteiger partial charge in [0.15, 0.2) is 0 Å². The van der Waals surface area contributed by atoms with Gasteiger partial charge in [0.25, 0.3) is 10.0 Å².